The number of oxime groups is 1. The predicted octanol–water partition coefficient (Wildman–Crippen LogP) is 4.43. The van der Waals surface area contributed by atoms with E-state index in [1.165, 1.54) is 6.07 Å². The summed E-state index contributed by atoms with van der Waals surface area (Å²) in [7, 11) is 0. The molecule has 136 valence electrons. The van der Waals surface area contributed by atoms with Gasteiger partial charge in [0.1, 0.15) is 5.71 Å². The lowest BCUT2D eigenvalue weighted by Gasteiger charge is -2.24. The van der Waals surface area contributed by atoms with Gasteiger partial charge in [-0.2, -0.15) is 11.8 Å². The number of hydrogen-bond donors (Lipinski definition) is 0. The van der Waals surface area contributed by atoms with E-state index < -0.39 is 20.3 Å². The van der Waals surface area contributed by atoms with Crippen LogP contribution in [-0.2, 0) is 0 Å². The summed E-state index contributed by atoms with van der Waals surface area (Å²) in [6.45, 7) is 3.91. The molecular weight excluding hydrogens is 358 g/mol. The van der Waals surface area contributed by atoms with Crippen LogP contribution in [0.15, 0.2) is 53.7 Å². The van der Waals surface area contributed by atoms with E-state index in [9.17, 15) is 20.2 Å². The minimum atomic E-state index is -0.736. The SMILES string of the molecule is CSC(C)(C)/C(=N/Oc1ccc([N+](=O)[O-])cc1[N+](=O)[O-])c1ccccc1. The van der Waals surface area contributed by atoms with Crippen molar-refractivity contribution in [2.45, 2.75) is 18.6 Å². The van der Waals surface area contributed by atoms with Crippen molar-refractivity contribution in [2.24, 2.45) is 5.16 Å². The molecule has 0 aliphatic carbocycles. The number of hydrogen-bond acceptors (Lipinski definition) is 7. The van der Waals surface area contributed by atoms with Gasteiger partial charge in [-0.15, -0.1) is 0 Å². The van der Waals surface area contributed by atoms with Gasteiger partial charge >= 0.3 is 5.69 Å². The molecule has 2 aromatic rings. The number of non-ortho nitro benzene ring substituents is 1. The van der Waals surface area contributed by atoms with Gasteiger partial charge in [0.2, 0.25) is 5.75 Å². The fraction of sp³-hybridized carbons (Fsp3) is 0.235. The van der Waals surface area contributed by atoms with Crippen molar-refractivity contribution in [2.75, 3.05) is 6.26 Å². The Morgan fingerprint density at radius 3 is 2.27 bits per heavy atom. The van der Waals surface area contributed by atoms with Crippen LogP contribution in [-0.4, -0.2) is 26.6 Å². The van der Waals surface area contributed by atoms with Crippen LogP contribution in [0.4, 0.5) is 11.4 Å². The van der Waals surface area contributed by atoms with E-state index >= 15 is 0 Å². The highest BCUT2D eigenvalue weighted by Crippen LogP contribution is 2.32. The third-order valence-corrected chi connectivity index (χ3v) is 4.93. The standard InChI is InChI=1S/C17H17N3O5S/c1-17(2,26-3)16(12-7-5-4-6-8-12)18-25-15-10-9-13(19(21)22)11-14(15)20(23)24/h4-11H,1-3H3/b18-16+. The highest BCUT2D eigenvalue weighted by molar-refractivity contribution is 8.00. The third kappa shape index (κ3) is 4.37. The van der Waals surface area contributed by atoms with Gasteiger partial charge in [-0.05, 0) is 26.2 Å². The maximum atomic E-state index is 11.2. The largest absolute Gasteiger partial charge is 0.349 e. The second-order valence-electron chi connectivity index (χ2n) is 5.78. The summed E-state index contributed by atoms with van der Waals surface area (Å²) in [4.78, 5) is 25.9. The molecule has 2 rings (SSSR count). The molecule has 0 radical (unpaired) electrons. The first-order valence-electron chi connectivity index (χ1n) is 7.55. The molecule has 9 heteroatoms. The van der Waals surface area contributed by atoms with Gasteiger partial charge in [-0.25, -0.2) is 0 Å². The summed E-state index contributed by atoms with van der Waals surface area (Å²) in [5.41, 5.74) is 0.507. The Bertz CT molecular complexity index is 853. The minimum Gasteiger partial charge on any atom is -0.349 e. The fourth-order valence-electron chi connectivity index (χ4n) is 2.14. The molecule has 0 saturated heterocycles. The zero-order valence-corrected chi connectivity index (χ0v) is 15.2. The summed E-state index contributed by atoms with van der Waals surface area (Å²) in [6, 6.07) is 12.5. The van der Waals surface area contributed by atoms with Crippen LogP contribution in [0.2, 0.25) is 0 Å². The summed E-state index contributed by atoms with van der Waals surface area (Å²) < 4.78 is -0.420. The van der Waals surface area contributed by atoms with Crippen molar-refractivity contribution >= 4 is 28.8 Å². The van der Waals surface area contributed by atoms with Crippen LogP contribution in [0.5, 0.6) is 5.75 Å². The Kier molecular flexibility index (Phi) is 5.93. The molecule has 0 fully saturated rings. The van der Waals surface area contributed by atoms with E-state index in [0.717, 1.165) is 17.7 Å². The van der Waals surface area contributed by atoms with Crippen LogP contribution in [0.3, 0.4) is 0 Å². The molecule has 0 saturated carbocycles. The maximum Gasteiger partial charge on any atom is 0.321 e. The van der Waals surface area contributed by atoms with Gasteiger partial charge < -0.3 is 4.84 Å². The summed E-state index contributed by atoms with van der Waals surface area (Å²) >= 11 is 1.55. The summed E-state index contributed by atoms with van der Waals surface area (Å²) in [5.74, 6) is -0.161. The van der Waals surface area contributed by atoms with Crippen molar-refractivity contribution in [1.82, 2.24) is 0 Å². The first-order chi connectivity index (χ1) is 12.3. The summed E-state index contributed by atoms with van der Waals surface area (Å²) in [5, 5.41) is 26.2. The van der Waals surface area contributed by atoms with Gasteiger partial charge in [0.25, 0.3) is 5.69 Å². The maximum absolute atomic E-state index is 11.2. The molecule has 0 heterocycles. The summed E-state index contributed by atoms with van der Waals surface area (Å²) in [6.07, 6.45) is 1.92. The molecule has 0 aromatic heterocycles. The smallest absolute Gasteiger partial charge is 0.321 e. The van der Waals surface area contributed by atoms with Crippen molar-refractivity contribution in [3.05, 3.63) is 74.3 Å². The number of nitro benzene ring substituents is 2. The molecular formula is C17H17N3O5S. The second kappa shape index (κ2) is 7.96. The molecule has 0 aliphatic rings. The molecule has 0 spiro atoms. The normalized spacial score (nSPS) is 11.9. The first-order valence-corrected chi connectivity index (χ1v) is 8.77. The number of thioether (sulfide) groups is 1. The molecule has 0 amide bonds. The quantitative estimate of drug-likeness (QED) is 0.402. The highest BCUT2D eigenvalue weighted by Gasteiger charge is 2.27. The van der Waals surface area contributed by atoms with E-state index in [-0.39, 0.29) is 11.4 Å². The van der Waals surface area contributed by atoms with Gasteiger partial charge in [0.15, 0.2) is 0 Å². The van der Waals surface area contributed by atoms with Crippen molar-refractivity contribution in [3.63, 3.8) is 0 Å². The lowest BCUT2D eigenvalue weighted by atomic mass is 9.99. The van der Waals surface area contributed by atoms with Crippen LogP contribution in [0.25, 0.3) is 0 Å². The van der Waals surface area contributed by atoms with Crippen molar-refractivity contribution < 1.29 is 14.7 Å². The second-order valence-corrected chi connectivity index (χ2v) is 7.21. The first kappa shape index (κ1) is 19.4. The lowest BCUT2D eigenvalue weighted by Crippen LogP contribution is -2.29. The molecule has 0 bridgehead atoms. The molecule has 26 heavy (non-hydrogen) atoms. The third-order valence-electron chi connectivity index (χ3n) is 3.71. The van der Waals surface area contributed by atoms with Gasteiger partial charge in [0.05, 0.1) is 20.7 Å². The van der Waals surface area contributed by atoms with Gasteiger partial charge in [-0.3, -0.25) is 20.2 Å². The topological polar surface area (TPSA) is 108 Å². The van der Waals surface area contributed by atoms with Crippen LogP contribution >= 0.6 is 11.8 Å². The number of rotatable bonds is 7. The monoisotopic (exact) mass is 375 g/mol. The van der Waals surface area contributed by atoms with Crippen LogP contribution in [0, 0.1) is 20.2 Å². The molecule has 2 aromatic carbocycles. The predicted molar refractivity (Wildman–Crippen MR) is 101 cm³/mol. The fourth-order valence-corrected chi connectivity index (χ4v) is 2.49. The van der Waals surface area contributed by atoms with E-state index in [4.69, 9.17) is 4.84 Å². The molecule has 0 atom stereocenters. The lowest BCUT2D eigenvalue weighted by molar-refractivity contribution is -0.394. The van der Waals surface area contributed by atoms with Crippen molar-refractivity contribution in [1.29, 1.82) is 0 Å². The van der Waals surface area contributed by atoms with Crippen molar-refractivity contribution in [3.8, 4) is 5.75 Å². The molecule has 8 nitrogen and oxygen atoms in total. The Hall–Kier alpha value is -2.94. The van der Waals surface area contributed by atoms with Crippen LogP contribution < -0.4 is 4.84 Å². The zero-order chi connectivity index (χ0) is 19.3. The van der Waals surface area contributed by atoms with Gasteiger partial charge in [0, 0.05) is 11.6 Å². The average molecular weight is 375 g/mol. The highest BCUT2D eigenvalue weighted by atomic mass is 32.2. The minimum absolute atomic E-state index is 0.161. The Labute approximate surface area is 154 Å². The van der Waals surface area contributed by atoms with Gasteiger partial charge in [-0.1, -0.05) is 35.5 Å². The molecule has 0 unspecified atom stereocenters. The van der Waals surface area contributed by atoms with E-state index in [2.05, 4.69) is 5.16 Å². The zero-order valence-electron chi connectivity index (χ0n) is 14.4. The number of nitrogens with zero attached hydrogens (tertiary/aromatic N) is 3. The number of nitro groups is 2. The molecule has 0 aliphatic heterocycles. The average Bonchev–Trinajstić information content (AvgIpc) is 2.62. The van der Waals surface area contributed by atoms with Crippen LogP contribution in [0.1, 0.15) is 19.4 Å². The Morgan fingerprint density at radius 2 is 1.73 bits per heavy atom. The van der Waals surface area contributed by atoms with E-state index in [0.29, 0.717) is 5.71 Å². The van der Waals surface area contributed by atoms with E-state index in [1.54, 1.807) is 11.8 Å². The Morgan fingerprint density at radius 1 is 1.08 bits per heavy atom. The molecule has 0 N–H and O–H groups in total. The Balaban J connectivity index is 2.47. The van der Waals surface area contributed by atoms with E-state index in [1.807, 2.05) is 50.4 Å². The number of benzene rings is 2.